The lowest BCUT2D eigenvalue weighted by Crippen LogP contribution is -2.36. The van der Waals surface area contributed by atoms with Crippen molar-refractivity contribution in [1.82, 2.24) is 10.3 Å². The van der Waals surface area contributed by atoms with Crippen LogP contribution >= 0.6 is 11.3 Å². The van der Waals surface area contributed by atoms with E-state index in [2.05, 4.69) is 29.5 Å². The molecule has 17 heavy (non-hydrogen) atoms. The minimum Gasteiger partial charge on any atom is -0.313 e. The molecule has 1 aromatic rings. The van der Waals surface area contributed by atoms with Crippen LogP contribution in [0.25, 0.3) is 0 Å². The molecule has 1 N–H and O–H groups in total. The van der Waals surface area contributed by atoms with Crippen LogP contribution in [-0.4, -0.2) is 17.6 Å². The number of rotatable bonds is 6. The van der Waals surface area contributed by atoms with Gasteiger partial charge in [-0.25, -0.2) is 4.98 Å². The molecule has 94 valence electrons. The van der Waals surface area contributed by atoms with Crippen molar-refractivity contribution in [2.45, 2.75) is 52.0 Å². The van der Waals surface area contributed by atoms with Crippen LogP contribution in [0.5, 0.6) is 0 Å². The summed E-state index contributed by atoms with van der Waals surface area (Å²) in [6.45, 7) is 5.73. The quantitative estimate of drug-likeness (QED) is 0.839. The zero-order valence-corrected chi connectivity index (χ0v) is 11.6. The molecular formula is C14H22N2S. The summed E-state index contributed by atoms with van der Waals surface area (Å²) in [6.07, 6.45) is 6.78. The van der Waals surface area contributed by atoms with Gasteiger partial charge >= 0.3 is 0 Å². The smallest absolute Gasteiger partial charge is 0.0934 e. The summed E-state index contributed by atoms with van der Waals surface area (Å²) in [6, 6.07) is 0.825. The SMILES string of the molecule is Cc1csc(CC(C)(CNC2CC2)C2CC2)n1. The molecule has 1 unspecified atom stereocenters. The fourth-order valence-corrected chi connectivity index (χ4v) is 3.59. The molecule has 2 aliphatic carbocycles. The molecule has 0 aromatic carbocycles. The summed E-state index contributed by atoms with van der Waals surface area (Å²) >= 11 is 1.83. The Labute approximate surface area is 108 Å². The highest BCUT2D eigenvalue weighted by Gasteiger charge is 2.42. The molecule has 0 aliphatic heterocycles. The number of aryl methyl sites for hydroxylation is 1. The summed E-state index contributed by atoms with van der Waals surface area (Å²) in [4.78, 5) is 4.64. The van der Waals surface area contributed by atoms with E-state index in [9.17, 15) is 0 Å². The van der Waals surface area contributed by atoms with Gasteiger partial charge in [-0.2, -0.15) is 0 Å². The second-order valence-electron chi connectivity index (χ2n) is 6.14. The van der Waals surface area contributed by atoms with Crippen molar-refractivity contribution in [3.63, 3.8) is 0 Å². The van der Waals surface area contributed by atoms with E-state index >= 15 is 0 Å². The van der Waals surface area contributed by atoms with Gasteiger partial charge in [0.25, 0.3) is 0 Å². The molecule has 0 spiro atoms. The van der Waals surface area contributed by atoms with Crippen molar-refractivity contribution < 1.29 is 0 Å². The first-order valence-corrected chi connectivity index (χ1v) is 7.68. The standard InChI is InChI=1S/C14H22N2S/c1-10-8-17-13(16-10)7-14(2,11-3-4-11)9-15-12-5-6-12/h8,11-12,15H,3-7,9H2,1-2H3. The Kier molecular flexibility index (Phi) is 2.99. The van der Waals surface area contributed by atoms with Crippen LogP contribution in [0.3, 0.4) is 0 Å². The monoisotopic (exact) mass is 250 g/mol. The lowest BCUT2D eigenvalue weighted by atomic mass is 9.81. The lowest BCUT2D eigenvalue weighted by Gasteiger charge is -2.29. The van der Waals surface area contributed by atoms with Gasteiger partial charge in [-0.3, -0.25) is 0 Å². The van der Waals surface area contributed by atoms with Crippen LogP contribution in [0.2, 0.25) is 0 Å². The molecule has 0 radical (unpaired) electrons. The molecule has 0 saturated heterocycles. The summed E-state index contributed by atoms with van der Waals surface area (Å²) in [5, 5.41) is 7.23. The predicted octanol–water partition coefficient (Wildman–Crippen LogP) is 3.16. The third kappa shape index (κ3) is 2.89. The third-order valence-corrected chi connectivity index (χ3v) is 5.12. The minimum absolute atomic E-state index is 0.437. The number of hydrogen-bond donors (Lipinski definition) is 1. The van der Waals surface area contributed by atoms with E-state index in [0.717, 1.165) is 18.4 Å². The summed E-state index contributed by atoms with van der Waals surface area (Å²) in [5.74, 6) is 0.929. The fourth-order valence-electron chi connectivity index (χ4n) is 2.63. The topological polar surface area (TPSA) is 24.9 Å². The van der Waals surface area contributed by atoms with E-state index in [1.165, 1.54) is 42.9 Å². The van der Waals surface area contributed by atoms with Crippen molar-refractivity contribution in [1.29, 1.82) is 0 Å². The first-order valence-electron chi connectivity index (χ1n) is 6.80. The Hall–Kier alpha value is -0.410. The van der Waals surface area contributed by atoms with Crippen LogP contribution in [0, 0.1) is 18.3 Å². The van der Waals surface area contributed by atoms with Gasteiger partial charge in [0.1, 0.15) is 0 Å². The fraction of sp³-hybridized carbons (Fsp3) is 0.786. The maximum Gasteiger partial charge on any atom is 0.0934 e. The predicted molar refractivity (Wildman–Crippen MR) is 72.4 cm³/mol. The molecule has 1 heterocycles. The number of aromatic nitrogens is 1. The molecule has 0 amide bonds. The molecule has 1 aromatic heterocycles. The molecular weight excluding hydrogens is 228 g/mol. The molecule has 1 atom stereocenters. The molecule has 2 saturated carbocycles. The van der Waals surface area contributed by atoms with Gasteiger partial charge in [-0.05, 0) is 43.9 Å². The van der Waals surface area contributed by atoms with Crippen LogP contribution in [0.4, 0.5) is 0 Å². The molecule has 0 bridgehead atoms. The Morgan fingerprint density at radius 1 is 1.41 bits per heavy atom. The van der Waals surface area contributed by atoms with Gasteiger partial charge in [0.2, 0.25) is 0 Å². The highest BCUT2D eigenvalue weighted by Crippen LogP contribution is 2.47. The van der Waals surface area contributed by atoms with Crippen LogP contribution in [-0.2, 0) is 6.42 Å². The van der Waals surface area contributed by atoms with E-state index in [1.807, 2.05) is 11.3 Å². The first-order chi connectivity index (χ1) is 8.16. The molecule has 3 heteroatoms. The van der Waals surface area contributed by atoms with Crippen molar-refractivity contribution >= 4 is 11.3 Å². The summed E-state index contributed by atoms with van der Waals surface area (Å²) in [7, 11) is 0. The lowest BCUT2D eigenvalue weighted by molar-refractivity contribution is 0.254. The molecule has 2 fully saturated rings. The van der Waals surface area contributed by atoms with Gasteiger partial charge in [-0.1, -0.05) is 6.92 Å². The average Bonchev–Trinajstić information content (AvgIpc) is 3.16. The molecule has 2 nitrogen and oxygen atoms in total. The van der Waals surface area contributed by atoms with Crippen molar-refractivity contribution in [3.05, 3.63) is 16.1 Å². The Balaban J connectivity index is 1.65. The van der Waals surface area contributed by atoms with E-state index in [4.69, 9.17) is 0 Å². The zero-order chi connectivity index (χ0) is 11.9. The van der Waals surface area contributed by atoms with E-state index < -0.39 is 0 Å². The highest BCUT2D eigenvalue weighted by atomic mass is 32.1. The Bertz CT molecular complexity index is 393. The van der Waals surface area contributed by atoms with E-state index in [0.29, 0.717) is 5.41 Å². The van der Waals surface area contributed by atoms with Gasteiger partial charge in [0.15, 0.2) is 0 Å². The van der Waals surface area contributed by atoms with Crippen LogP contribution in [0.15, 0.2) is 5.38 Å². The van der Waals surface area contributed by atoms with Crippen molar-refractivity contribution in [2.24, 2.45) is 11.3 Å². The maximum atomic E-state index is 4.64. The zero-order valence-electron chi connectivity index (χ0n) is 10.8. The first kappa shape index (κ1) is 11.7. The highest BCUT2D eigenvalue weighted by molar-refractivity contribution is 7.09. The molecule has 2 aliphatic rings. The number of nitrogens with one attached hydrogen (secondary N) is 1. The second kappa shape index (κ2) is 4.36. The van der Waals surface area contributed by atoms with Crippen molar-refractivity contribution in [3.8, 4) is 0 Å². The van der Waals surface area contributed by atoms with E-state index in [1.54, 1.807) is 0 Å². The van der Waals surface area contributed by atoms with Gasteiger partial charge in [-0.15, -0.1) is 11.3 Å². The summed E-state index contributed by atoms with van der Waals surface area (Å²) in [5.41, 5.74) is 1.62. The summed E-state index contributed by atoms with van der Waals surface area (Å²) < 4.78 is 0. The minimum atomic E-state index is 0.437. The van der Waals surface area contributed by atoms with Gasteiger partial charge < -0.3 is 5.32 Å². The third-order valence-electron chi connectivity index (χ3n) is 4.16. The normalized spacial score (nSPS) is 23.6. The van der Waals surface area contributed by atoms with Gasteiger partial charge in [0, 0.05) is 30.1 Å². The largest absolute Gasteiger partial charge is 0.313 e. The number of hydrogen-bond acceptors (Lipinski definition) is 3. The van der Waals surface area contributed by atoms with E-state index in [-0.39, 0.29) is 0 Å². The second-order valence-corrected chi connectivity index (χ2v) is 7.09. The molecule has 3 rings (SSSR count). The Morgan fingerprint density at radius 2 is 2.18 bits per heavy atom. The van der Waals surface area contributed by atoms with Crippen LogP contribution < -0.4 is 5.32 Å². The average molecular weight is 250 g/mol. The van der Waals surface area contributed by atoms with Gasteiger partial charge in [0.05, 0.1) is 5.01 Å². The number of nitrogens with zero attached hydrogens (tertiary/aromatic N) is 1. The maximum absolute atomic E-state index is 4.64. The Morgan fingerprint density at radius 3 is 2.71 bits per heavy atom. The van der Waals surface area contributed by atoms with Crippen molar-refractivity contribution in [2.75, 3.05) is 6.54 Å². The van der Waals surface area contributed by atoms with Crippen LogP contribution in [0.1, 0.15) is 43.3 Å². The number of thiazole rings is 1.